The fraction of sp³-hybridized carbons (Fsp3) is 0.143. The first-order valence-electron chi connectivity index (χ1n) is 37.7. The summed E-state index contributed by atoms with van der Waals surface area (Å²) in [6.45, 7) is 15.5. The molecule has 0 unspecified atom stereocenters. The van der Waals surface area contributed by atoms with E-state index in [4.69, 9.17) is 69.6 Å². The third kappa shape index (κ3) is 29.3. The number of hydrogen-bond donors (Lipinski definition) is 5. The van der Waals surface area contributed by atoms with Crippen molar-refractivity contribution in [3.8, 4) is 56.9 Å². The molecule has 664 valence electrons. The predicted octanol–water partition coefficient (Wildman–Crippen LogP) is 26.2. The molecular formula is C84H65Cl6F6N25S9. The normalized spacial score (nSPS) is 11.3. The summed E-state index contributed by atoms with van der Waals surface area (Å²) in [5, 5.41) is 44.4. The highest BCUT2D eigenvalue weighted by atomic mass is 35.5. The molecule has 0 aliphatic carbocycles. The van der Waals surface area contributed by atoms with Crippen LogP contribution in [0.15, 0.2) is 263 Å². The number of aromatic amines is 5. The summed E-state index contributed by atoms with van der Waals surface area (Å²) < 4.78 is 78.3. The molecular weight excluding hydrogens is 1970 g/mol. The Morgan fingerprint density at radius 3 is 0.715 bits per heavy atom. The minimum absolute atomic E-state index is 0.232. The zero-order valence-electron chi connectivity index (χ0n) is 69.0. The first kappa shape index (κ1) is 97.6. The highest BCUT2D eigenvalue weighted by Crippen LogP contribution is 2.40. The first-order chi connectivity index (χ1) is 62.1. The van der Waals surface area contributed by atoms with Crippen LogP contribution < -0.4 is 0 Å². The van der Waals surface area contributed by atoms with Gasteiger partial charge in [0.15, 0.2) is 54.9 Å². The lowest BCUT2D eigenvalue weighted by Crippen LogP contribution is -2.05. The number of nitrogens with zero attached hydrogens (tertiary/aromatic N) is 20. The number of rotatable bonds is 21. The SMILES string of the molecule is CSc1nc(Cl)cc(Sc2n[nH]c(-c3cc(C)cc(C(F)(F)F)c3)n2)n1.CSc1nc(Cl)cc(Sc2n[nH]c(-c3cc(C)cc(C)c3)n2)n1.Cc1cc(-c2nc(Sc3cc(Cl)nc(Sc4ccccc4)n3)n[nH]2)cc(C(F)(F)F)c1.Cc1cc(C)cc(-c2nc(Sc3cc(Cl)nc(Sc4ccccc4)n3)n[nH]2)c1.Cc1cc(C)cc(-c2nc(Sc3nc(Cl)cc(Cl)n3)n[nH]2)c1. The van der Waals surface area contributed by atoms with E-state index in [1.54, 1.807) is 50.2 Å². The third-order valence-electron chi connectivity index (χ3n) is 16.6. The molecule has 0 amide bonds. The van der Waals surface area contributed by atoms with Crippen LogP contribution in [0.5, 0.6) is 0 Å². The van der Waals surface area contributed by atoms with E-state index < -0.39 is 23.5 Å². The Morgan fingerprint density at radius 1 is 0.231 bits per heavy atom. The highest BCUT2D eigenvalue weighted by molar-refractivity contribution is 8.01. The second-order valence-electron chi connectivity index (χ2n) is 27.4. The van der Waals surface area contributed by atoms with Crippen LogP contribution in [0.4, 0.5) is 26.3 Å². The number of alkyl halides is 6. The molecule has 0 radical (unpaired) electrons. The van der Waals surface area contributed by atoms with Crippen molar-refractivity contribution in [1.29, 1.82) is 0 Å². The molecule has 130 heavy (non-hydrogen) atoms. The quantitative estimate of drug-likeness (QED) is 0.0193. The minimum Gasteiger partial charge on any atom is -0.258 e. The van der Waals surface area contributed by atoms with Gasteiger partial charge >= 0.3 is 12.4 Å². The van der Waals surface area contributed by atoms with Crippen molar-refractivity contribution in [2.24, 2.45) is 0 Å². The van der Waals surface area contributed by atoms with E-state index in [0.717, 1.165) is 90.9 Å². The molecule has 5 N–H and O–H groups in total. The predicted molar refractivity (Wildman–Crippen MR) is 503 cm³/mol. The highest BCUT2D eigenvalue weighted by Gasteiger charge is 2.33. The summed E-state index contributed by atoms with van der Waals surface area (Å²) >= 11 is 47.7. The average molecular weight is 2040 g/mol. The molecule has 0 aliphatic rings. The van der Waals surface area contributed by atoms with Gasteiger partial charge in [0.05, 0.1) is 11.1 Å². The molecule has 0 spiro atoms. The number of hydrogen-bond acceptors (Lipinski definition) is 29. The Balaban J connectivity index is 0.000000139. The molecule has 0 bridgehead atoms. The molecule has 0 saturated heterocycles. The lowest BCUT2D eigenvalue weighted by atomic mass is 10.1. The van der Waals surface area contributed by atoms with Gasteiger partial charge in [0, 0.05) is 67.9 Å². The Kier molecular flexibility index (Phi) is 33.8. The van der Waals surface area contributed by atoms with Gasteiger partial charge in [-0.2, -0.15) is 26.3 Å². The van der Waals surface area contributed by atoms with E-state index in [1.165, 1.54) is 122 Å². The fourth-order valence-electron chi connectivity index (χ4n) is 11.7. The average Bonchev–Trinajstić information content (AvgIpc) is 1.50. The number of nitrogens with one attached hydrogen (secondary N) is 5. The molecule has 0 aliphatic heterocycles. The van der Waals surface area contributed by atoms with Crippen LogP contribution >= 0.6 is 175 Å². The zero-order valence-corrected chi connectivity index (χ0v) is 80.9. The van der Waals surface area contributed by atoms with Crippen LogP contribution in [0.3, 0.4) is 0 Å². The second-order valence-corrected chi connectivity index (χ2v) is 38.3. The van der Waals surface area contributed by atoms with E-state index in [9.17, 15) is 26.3 Å². The van der Waals surface area contributed by atoms with Crippen molar-refractivity contribution in [2.75, 3.05) is 12.5 Å². The molecule has 17 rings (SSSR count). The number of halogens is 12. The van der Waals surface area contributed by atoms with Crippen molar-refractivity contribution in [3.05, 3.63) is 269 Å². The van der Waals surface area contributed by atoms with E-state index in [-0.39, 0.29) is 32.3 Å². The van der Waals surface area contributed by atoms with Crippen LogP contribution in [0.25, 0.3) is 56.9 Å². The van der Waals surface area contributed by atoms with Gasteiger partial charge in [-0.25, -0.2) is 74.8 Å². The van der Waals surface area contributed by atoms with Crippen LogP contribution in [-0.2, 0) is 12.4 Å². The standard InChI is InChI=1S/C20H13ClF3N5S2.C20H16ClN5S2.C15H11ClF3N5S2.C15H14ClN5S2.C14H11Cl2N5S/c1-11-7-12(9-13(8-11)20(22,23)24)17-27-19(29-28-17)31-16-10-15(21)25-18(26-16)30-14-5-3-2-4-6-14;1-12-8-13(2)10-14(9-12)18-24-20(26-25-18)28-17-11-16(21)22-19(23-17)27-15-6-4-3-5-7-15;1-7-3-8(5-9(4-7)15(17,18)19)12-22-14(24-23-12)26-11-6-10(16)20-13(21-11)25-2;1-8-4-9(2)6-10(5-8)13-19-15(21-20-13)23-12-7-11(16)17-14(18-12)22-3;1-7-3-8(2)5-9(4-7)12-19-14(21-20-12)22-13-17-10(15)6-11(16)18-13/h2-10H,1H3,(H,27,28,29);3-11H,1-2H3,(H,24,25,26);3-6H,1-2H3,(H,22,23,24);4-7H,1-3H3,(H,19,20,21);3-6H,1-2H3,(H,19,20,21). The van der Waals surface area contributed by atoms with Gasteiger partial charge in [-0.05, 0) is 258 Å². The van der Waals surface area contributed by atoms with Crippen molar-refractivity contribution in [3.63, 3.8) is 0 Å². The summed E-state index contributed by atoms with van der Waals surface area (Å²) in [6, 6.07) is 53.8. The van der Waals surface area contributed by atoms with Crippen LogP contribution in [0.2, 0.25) is 30.9 Å². The van der Waals surface area contributed by atoms with Gasteiger partial charge in [0.2, 0.25) is 25.8 Å². The molecule has 10 heterocycles. The summed E-state index contributed by atoms with van der Waals surface area (Å²) in [4.78, 5) is 66.6. The van der Waals surface area contributed by atoms with Gasteiger partial charge in [-0.3, -0.25) is 25.5 Å². The molecule has 0 fully saturated rings. The molecule has 46 heteroatoms. The van der Waals surface area contributed by atoms with Crippen molar-refractivity contribution in [1.82, 2.24) is 126 Å². The summed E-state index contributed by atoms with van der Waals surface area (Å²) in [5.41, 5.74) is 10.2. The molecule has 0 saturated carbocycles. The van der Waals surface area contributed by atoms with Gasteiger partial charge in [-0.1, -0.05) is 181 Å². The van der Waals surface area contributed by atoms with Crippen LogP contribution in [-0.4, -0.2) is 138 Å². The Hall–Kier alpha value is -9.89. The van der Waals surface area contributed by atoms with Crippen molar-refractivity contribution < 1.29 is 26.3 Å². The second kappa shape index (κ2) is 45.0. The van der Waals surface area contributed by atoms with Gasteiger partial charge in [0.25, 0.3) is 0 Å². The minimum atomic E-state index is -4.44. The fourth-order valence-corrected chi connectivity index (χ4v) is 19.5. The van der Waals surface area contributed by atoms with E-state index >= 15 is 0 Å². The Bertz CT molecular complexity index is 6740. The lowest BCUT2D eigenvalue weighted by molar-refractivity contribution is -0.138. The monoisotopic (exact) mass is 2040 g/mol. The first-order valence-corrected chi connectivity index (χ1v) is 48.1. The topological polar surface area (TPSA) is 337 Å². The summed E-state index contributed by atoms with van der Waals surface area (Å²) in [5.74, 6) is 2.64. The maximum absolute atomic E-state index is 13.1. The van der Waals surface area contributed by atoms with E-state index in [2.05, 4.69) is 208 Å². The molecule has 10 aromatic heterocycles. The van der Waals surface area contributed by atoms with Crippen molar-refractivity contribution >= 4 is 175 Å². The van der Waals surface area contributed by atoms with Crippen molar-refractivity contribution in [2.45, 2.75) is 149 Å². The third-order valence-corrected chi connectivity index (χ3v) is 24.5. The van der Waals surface area contributed by atoms with Gasteiger partial charge in [-0.15, -0.1) is 25.5 Å². The molecule has 0 atom stereocenters. The molecule has 17 aromatic rings. The number of H-pyrrole nitrogens is 5. The van der Waals surface area contributed by atoms with Gasteiger partial charge in [0.1, 0.15) is 51.0 Å². The maximum Gasteiger partial charge on any atom is 0.416 e. The van der Waals surface area contributed by atoms with Crippen LogP contribution in [0, 0.1) is 55.4 Å². The van der Waals surface area contributed by atoms with Gasteiger partial charge < -0.3 is 0 Å². The van der Waals surface area contributed by atoms with Crippen LogP contribution in [0.1, 0.15) is 55.6 Å². The number of benzene rings is 7. The van der Waals surface area contributed by atoms with E-state index in [0.29, 0.717) is 105 Å². The number of aryl methyl sites for hydroxylation is 8. The lowest BCUT2D eigenvalue weighted by Gasteiger charge is -2.09. The molecule has 25 nitrogen and oxygen atoms in total. The Morgan fingerprint density at radius 2 is 0.454 bits per heavy atom. The molecule has 7 aromatic carbocycles. The Labute approximate surface area is 807 Å². The summed E-state index contributed by atoms with van der Waals surface area (Å²) in [6.07, 6.45) is -5.14. The summed E-state index contributed by atoms with van der Waals surface area (Å²) in [7, 11) is 0. The maximum atomic E-state index is 13.1. The van der Waals surface area contributed by atoms with E-state index in [1.807, 2.05) is 87.0 Å². The zero-order chi connectivity index (χ0) is 92.5. The largest absolute Gasteiger partial charge is 0.416 e. The number of thioether (sulfide) groups is 2. The smallest absolute Gasteiger partial charge is 0.258 e. The number of aromatic nitrogens is 25.